The second kappa shape index (κ2) is 8.65. The van der Waals surface area contributed by atoms with Crippen molar-refractivity contribution < 1.29 is 23.9 Å². The number of hydrogen-bond acceptors (Lipinski definition) is 5. The molecule has 1 amide bonds. The van der Waals surface area contributed by atoms with E-state index in [-0.39, 0.29) is 23.2 Å². The highest BCUT2D eigenvalue weighted by Gasteiger charge is 2.25. The molecule has 1 aromatic heterocycles. The molecule has 7 heteroatoms. The monoisotopic (exact) mass is 412 g/mol. The number of ether oxygens (including phenoxy) is 1. The molecule has 160 valence electrons. The Bertz CT molecular complexity index is 994. The van der Waals surface area contributed by atoms with Gasteiger partial charge in [-0.2, -0.15) is 0 Å². The number of H-pyrrole nitrogens is 1. The van der Waals surface area contributed by atoms with Gasteiger partial charge in [0.05, 0.1) is 0 Å². The zero-order chi connectivity index (χ0) is 22.8. The average molecular weight is 412 g/mol. The minimum atomic E-state index is -1.02. The molecular formula is C23H28N2O5. The van der Waals surface area contributed by atoms with Crippen LogP contribution in [0.5, 0.6) is 0 Å². The Morgan fingerprint density at radius 3 is 2.07 bits per heavy atom. The Morgan fingerprint density at radius 1 is 1.03 bits per heavy atom. The summed E-state index contributed by atoms with van der Waals surface area (Å²) < 4.78 is 5.32. The van der Waals surface area contributed by atoms with Gasteiger partial charge in [0.1, 0.15) is 5.69 Å². The van der Waals surface area contributed by atoms with E-state index in [2.05, 4.69) is 10.3 Å². The summed E-state index contributed by atoms with van der Waals surface area (Å²) in [4.78, 5) is 51.8. The Morgan fingerprint density at radius 2 is 1.60 bits per heavy atom. The molecule has 7 nitrogen and oxygen atoms in total. The fraction of sp³-hybridized carbons (Fsp3) is 0.391. The summed E-state index contributed by atoms with van der Waals surface area (Å²) in [5, 5.41) is 2.79. The average Bonchev–Trinajstić information content (AvgIpc) is 2.95. The maximum absolute atomic E-state index is 12.6. The molecule has 2 N–H and O–H groups in total. The third-order valence-electron chi connectivity index (χ3n) is 4.76. The standard InChI is InChI=1S/C23H28N2O5/c1-12-18(14(3)26)13(2)24-19(12)21(28)30-15(4)20(27)16-8-10-17(11-9-16)25-22(29)23(5,6)7/h8-11,15,24H,1-7H3,(H,25,29)/t15-/m1/s1. The molecule has 0 aliphatic rings. The number of amides is 1. The number of aryl methyl sites for hydroxylation is 1. The summed E-state index contributed by atoms with van der Waals surface area (Å²) in [7, 11) is 0. The number of benzene rings is 1. The summed E-state index contributed by atoms with van der Waals surface area (Å²) in [6.45, 7) is 11.7. The zero-order valence-corrected chi connectivity index (χ0v) is 18.4. The van der Waals surface area contributed by atoms with E-state index >= 15 is 0 Å². The molecule has 2 aromatic rings. The first-order valence-electron chi connectivity index (χ1n) is 9.69. The minimum Gasteiger partial charge on any atom is -0.450 e. The number of aromatic amines is 1. The van der Waals surface area contributed by atoms with E-state index in [1.807, 2.05) is 20.8 Å². The lowest BCUT2D eigenvalue weighted by Crippen LogP contribution is -2.27. The molecule has 1 heterocycles. The molecule has 0 spiro atoms. The first-order chi connectivity index (χ1) is 13.8. The largest absolute Gasteiger partial charge is 0.450 e. The molecule has 0 saturated carbocycles. The van der Waals surface area contributed by atoms with Crippen LogP contribution in [0.25, 0.3) is 0 Å². The number of rotatable bonds is 6. The summed E-state index contributed by atoms with van der Waals surface area (Å²) >= 11 is 0. The number of ketones is 2. The molecule has 2 rings (SSSR count). The van der Waals surface area contributed by atoms with Crippen molar-refractivity contribution in [3.8, 4) is 0 Å². The molecule has 0 radical (unpaired) electrons. The fourth-order valence-electron chi connectivity index (χ4n) is 3.03. The predicted octanol–water partition coefficient (Wildman–Crippen LogP) is 4.25. The third-order valence-corrected chi connectivity index (χ3v) is 4.76. The van der Waals surface area contributed by atoms with Crippen molar-refractivity contribution >= 4 is 29.1 Å². The van der Waals surface area contributed by atoms with Gasteiger partial charge in [-0.15, -0.1) is 0 Å². The van der Waals surface area contributed by atoms with Crippen molar-refractivity contribution in [3.05, 3.63) is 52.3 Å². The number of hydrogen-bond donors (Lipinski definition) is 2. The molecule has 0 fully saturated rings. The molecule has 0 aliphatic carbocycles. The van der Waals surface area contributed by atoms with Crippen molar-refractivity contribution in [1.82, 2.24) is 4.98 Å². The van der Waals surface area contributed by atoms with E-state index in [9.17, 15) is 19.2 Å². The van der Waals surface area contributed by atoms with E-state index in [0.29, 0.717) is 28.1 Å². The molecular weight excluding hydrogens is 384 g/mol. The lowest BCUT2D eigenvalue weighted by atomic mass is 9.95. The van der Waals surface area contributed by atoms with Gasteiger partial charge in [-0.1, -0.05) is 20.8 Å². The highest BCUT2D eigenvalue weighted by atomic mass is 16.5. The second-order valence-corrected chi connectivity index (χ2v) is 8.37. The van der Waals surface area contributed by atoms with Crippen LogP contribution in [0.3, 0.4) is 0 Å². The van der Waals surface area contributed by atoms with Crippen molar-refractivity contribution in [2.45, 2.75) is 54.6 Å². The van der Waals surface area contributed by atoms with Crippen molar-refractivity contribution in [3.63, 3.8) is 0 Å². The number of carbonyl (C=O) groups excluding carboxylic acids is 4. The molecule has 1 atom stereocenters. The fourth-order valence-corrected chi connectivity index (χ4v) is 3.03. The Hall–Kier alpha value is -3.22. The molecule has 0 bridgehead atoms. The predicted molar refractivity (Wildman–Crippen MR) is 114 cm³/mol. The maximum atomic E-state index is 12.6. The number of esters is 1. The second-order valence-electron chi connectivity index (χ2n) is 8.37. The van der Waals surface area contributed by atoms with Crippen LogP contribution < -0.4 is 5.32 Å². The number of aromatic nitrogens is 1. The van der Waals surface area contributed by atoms with E-state index < -0.39 is 17.5 Å². The summed E-state index contributed by atoms with van der Waals surface area (Å²) in [6, 6.07) is 6.40. The van der Waals surface area contributed by atoms with Crippen LogP contribution in [0.2, 0.25) is 0 Å². The zero-order valence-electron chi connectivity index (χ0n) is 18.4. The van der Waals surface area contributed by atoms with Gasteiger partial charge in [0, 0.05) is 27.9 Å². The van der Waals surface area contributed by atoms with Gasteiger partial charge in [-0.05, 0) is 57.5 Å². The lowest BCUT2D eigenvalue weighted by Gasteiger charge is -2.18. The van der Waals surface area contributed by atoms with Gasteiger partial charge >= 0.3 is 5.97 Å². The van der Waals surface area contributed by atoms with Gasteiger partial charge in [-0.3, -0.25) is 14.4 Å². The molecule has 0 unspecified atom stereocenters. The van der Waals surface area contributed by atoms with Crippen molar-refractivity contribution in [2.75, 3.05) is 5.32 Å². The van der Waals surface area contributed by atoms with Crippen LogP contribution >= 0.6 is 0 Å². The van der Waals surface area contributed by atoms with Gasteiger partial charge in [0.15, 0.2) is 11.9 Å². The highest BCUT2D eigenvalue weighted by molar-refractivity contribution is 6.04. The summed E-state index contributed by atoms with van der Waals surface area (Å²) in [6.07, 6.45) is -1.02. The van der Waals surface area contributed by atoms with Crippen LogP contribution in [0, 0.1) is 19.3 Å². The Kier molecular flexibility index (Phi) is 6.65. The number of nitrogens with one attached hydrogen (secondary N) is 2. The van der Waals surface area contributed by atoms with Crippen LogP contribution in [-0.4, -0.2) is 34.5 Å². The van der Waals surface area contributed by atoms with Gasteiger partial charge < -0.3 is 15.0 Å². The molecule has 30 heavy (non-hydrogen) atoms. The Balaban J connectivity index is 2.09. The highest BCUT2D eigenvalue weighted by Crippen LogP contribution is 2.21. The van der Waals surface area contributed by atoms with Gasteiger partial charge in [-0.25, -0.2) is 4.79 Å². The maximum Gasteiger partial charge on any atom is 0.355 e. The van der Waals surface area contributed by atoms with Crippen LogP contribution in [-0.2, 0) is 9.53 Å². The van der Waals surface area contributed by atoms with E-state index in [1.165, 1.54) is 13.8 Å². The quantitative estimate of drug-likeness (QED) is 0.545. The van der Waals surface area contributed by atoms with E-state index in [1.54, 1.807) is 38.1 Å². The normalized spacial score (nSPS) is 12.2. The first kappa shape index (κ1) is 23.1. The van der Waals surface area contributed by atoms with Gasteiger partial charge in [0.2, 0.25) is 11.7 Å². The number of carbonyl (C=O) groups is 4. The lowest BCUT2D eigenvalue weighted by molar-refractivity contribution is -0.123. The molecule has 1 aromatic carbocycles. The summed E-state index contributed by atoms with van der Waals surface area (Å²) in [5.41, 5.74) is 2.10. The van der Waals surface area contributed by atoms with Crippen LogP contribution in [0.15, 0.2) is 24.3 Å². The van der Waals surface area contributed by atoms with Crippen LogP contribution in [0.1, 0.15) is 77.1 Å². The van der Waals surface area contributed by atoms with Crippen molar-refractivity contribution in [1.29, 1.82) is 0 Å². The van der Waals surface area contributed by atoms with E-state index in [4.69, 9.17) is 4.74 Å². The Labute approximate surface area is 176 Å². The van der Waals surface area contributed by atoms with Gasteiger partial charge in [0.25, 0.3) is 0 Å². The first-order valence-corrected chi connectivity index (χ1v) is 9.69. The topological polar surface area (TPSA) is 105 Å². The SMILES string of the molecule is CC(=O)c1c(C)[nH]c(C(=O)O[C@H](C)C(=O)c2ccc(NC(=O)C(C)(C)C)cc2)c1C. The smallest absolute Gasteiger partial charge is 0.355 e. The molecule has 0 aliphatic heterocycles. The number of anilines is 1. The van der Waals surface area contributed by atoms with Crippen molar-refractivity contribution in [2.24, 2.45) is 5.41 Å². The third kappa shape index (κ3) is 5.03. The number of Topliss-reactive ketones (excluding diaryl/α,β-unsaturated/α-hetero) is 2. The van der Waals surface area contributed by atoms with E-state index in [0.717, 1.165) is 0 Å². The summed E-state index contributed by atoms with van der Waals surface area (Å²) in [5.74, 6) is -1.35. The minimum absolute atomic E-state index is 0.134. The molecule has 0 saturated heterocycles. The van der Waals surface area contributed by atoms with Crippen LogP contribution in [0.4, 0.5) is 5.69 Å².